The van der Waals surface area contributed by atoms with E-state index in [9.17, 15) is 27.7 Å². The molecule has 3 rings (SSSR count). The van der Waals surface area contributed by atoms with Gasteiger partial charge in [0.25, 0.3) is 0 Å². The number of rotatable bonds is 4. The van der Waals surface area contributed by atoms with E-state index >= 15 is 0 Å². The molecule has 1 aromatic carbocycles. The van der Waals surface area contributed by atoms with Crippen molar-refractivity contribution in [1.29, 1.82) is 0 Å². The minimum atomic E-state index is -3.54. The third kappa shape index (κ3) is 2.98. The van der Waals surface area contributed by atoms with E-state index in [1.165, 1.54) is 12.1 Å². The predicted octanol–water partition coefficient (Wildman–Crippen LogP) is 0.969. The van der Waals surface area contributed by atoms with Crippen LogP contribution in [0.25, 0.3) is 0 Å². The largest absolute Gasteiger partial charge is 0.326 e. The fourth-order valence-electron chi connectivity index (χ4n) is 2.62. The minimum absolute atomic E-state index is 0.0460. The van der Waals surface area contributed by atoms with Crippen molar-refractivity contribution in [3.05, 3.63) is 34.1 Å². The standard InChI is InChI=1S/C13H14FN3O5S/c14-10-3-2-8(15-13(18)9-7-11(9)17(19)20)6-12(10)16-4-1-5-23(16,21)22/h2-3,6,9,11H,1,4-5,7H2,(H,15,18)/t9-,11-/m0/s1. The van der Waals surface area contributed by atoms with Gasteiger partial charge in [-0.3, -0.25) is 19.2 Å². The van der Waals surface area contributed by atoms with Gasteiger partial charge in [-0.2, -0.15) is 0 Å². The molecule has 10 heteroatoms. The summed E-state index contributed by atoms with van der Waals surface area (Å²) in [6.07, 6.45) is 0.582. The highest BCUT2D eigenvalue weighted by Crippen LogP contribution is 2.35. The second-order valence-electron chi connectivity index (χ2n) is 5.59. The lowest BCUT2D eigenvalue weighted by molar-refractivity contribution is -0.497. The molecule has 2 fully saturated rings. The van der Waals surface area contributed by atoms with Crippen molar-refractivity contribution in [2.45, 2.75) is 18.9 Å². The van der Waals surface area contributed by atoms with Crippen LogP contribution >= 0.6 is 0 Å². The van der Waals surface area contributed by atoms with Gasteiger partial charge in [0.15, 0.2) is 0 Å². The van der Waals surface area contributed by atoms with E-state index in [0.29, 0.717) is 6.42 Å². The molecule has 8 nitrogen and oxygen atoms in total. The summed E-state index contributed by atoms with van der Waals surface area (Å²) in [6, 6.07) is 2.72. The average molecular weight is 343 g/mol. The van der Waals surface area contributed by atoms with Crippen LogP contribution in [-0.2, 0) is 14.8 Å². The smallest absolute Gasteiger partial charge is 0.235 e. The van der Waals surface area contributed by atoms with E-state index in [4.69, 9.17) is 0 Å². The van der Waals surface area contributed by atoms with Crippen molar-refractivity contribution in [3.63, 3.8) is 0 Å². The Balaban J connectivity index is 1.79. The Labute approximate surface area is 131 Å². The van der Waals surface area contributed by atoms with Gasteiger partial charge in [-0.05, 0) is 24.6 Å². The van der Waals surface area contributed by atoms with Gasteiger partial charge in [-0.25, -0.2) is 12.8 Å². The Morgan fingerprint density at radius 2 is 2.17 bits per heavy atom. The Morgan fingerprint density at radius 1 is 1.43 bits per heavy atom. The highest BCUT2D eigenvalue weighted by atomic mass is 32.2. The number of carbonyl (C=O) groups is 1. The number of nitro groups is 1. The summed E-state index contributed by atoms with van der Waals surface area (Å²) in [6.45, 7) is 0.183. The zero-order valence-corrected chi connectivity index (χ0v) is 12.8. The fourth-order valence-corrected chi connectivity index (χ4v) is 4.18. The Kier molecular flexibility index (Phi) is 3.71. The number of anilines is 2. The molecule has 0 unspecified atom stereocenters. The van der Waals surface area contributed by atoms with Crippen LogP contribution in [0.3, 0.4) is 0 Å². The summed E-state index contributed by atoms with van der Waals surface area (Å²) in [5.41, 5.74) is 0.0874. The van der Waals surface area contributed by atoms with Gasteiger partial charge >= 0.3 is 0 Å². The van der Waals surface area contributed by atoms with Crippen molar-refractivity contribution >= 4 is 27.3 Å². The maximum atomic E-state index is 13.9. The molecular formula is C13H14FN3O5S. The molecular weight excluding hydrogens is 329 g/mol. The molecule has 0 spiro atoms. The van der Waals surface area contributed by atoms with E-state index < -0.39 is 38.6 Å². The first kappa shape index (κ1) is 15.7. The normalized spacial score (nSPS) is 25.2. The number of amides is 1. The van der Waals surface area contributed by atoms with Crippen molar-refractivity contribution in [2.24, 2.45) is 5.92 Å². The molecule has 1 N–H and O–H groups in total. The summed E-state index contributed by atoms with van der Waals surface area (Å²) < 4.78 is 38.7. The van der Waals surface area contributed by atoms with E-state index in [2.05, 4.69) is 5.32 Å². The third-order valence-corrected chi connectivity index (χ3v) is 5.80. The lowest BCUT2D eigenvalue weighted by Crippen LogP contribution is -2.26. The van der Waals surface area contributed by atoms with Gasteiger partial charge in [0, 0.05) is 23.6 Å². The number of halogens is 1. The first-order valence-corrected chi connectivity index (χ1v) is 8.65. The summed E-state index contributed by atoms with van der Waals surface area (Å²) in [7, 11) is -3.54. The number of sulfonamides is 1. The second-order valence-corrected chi connectivity index (χ2v) is 7.60. The molecule has 1 aliphatic carbocycles. The van der Waals surface area contributed by atoms with Gasteiger partial charge in [-0.1, -0.05) is 0 Å². The maximum Gasteiger partial charge on any atom is 0.235 e. The summed E-state index contributed by atoms with van der Waals surface area (Å²) >= 11 is 0. The van der Waals surface area contributed by atoms with Crippen LogP contribution in [0.1, 0.15) is 12.8 Å². The van der Waals surface area contributed by atoms with Crippen molar-refractivity contribution in [1.82, 2.24) is 0 Å². The Hall–Kier alpha value is -2.23. The first-order valence-electron chi connectivity index (χ1n) is 7.04. The number of hydrogen-bond acceptors (Lipinski definition) is 5. The van der Waals surface area contributed by atoms with Crippen LogP contribution in [0, 0.1) is 21.8 Å². The highest BCUT2D eigenvalue weighted by Gasteiger charge is 2.53. The van der Waals surface area contributed by atoms with Gasteiger partial charge in [0.2, 0.25) is 22.0 Å². The van der Waals surface area contributed by atoms with E-state index in [1.807, 2.05) is 0 Å². The van der Waals surface area contributed by atoms with E-state index in [-0.39, 0.29) is 30.1 Å². The summed E-state index contributed by atoms with van der Waals surface area (Å²) in [5.74, 6) is -1.97. The van der Waals surface area contributed by atoms with Crippen molar-refractivity contribution in [2.75, 3.05) is 21.9 Å². The molecule has 0 bridgehead atoms. The Bertz CT molecular complexity index is 782. The number of benzene rings is 1. The number of carbonyl (C=O) groups excluding carboxylic acids is 1. The number of nitrogens with zero attached hydrogens (tertiary/aromatic N) is 2. The molecule has 2 atom stereocenters. The van der Waals surface area contributed by atoms with Crippen LogP contribution in [0.5, 0.6) is 0 Å². The molecule has 0 radical (unpaired) electrons. The van der Waals surface area contributed by atoms with Crippen molar-refractivity contribution in [3.8, 4) is 0 Å². The molecule has 1 saturated carbocycles. The van der Waals surface area contributed by atoms with Gasteiger partial charge < -0.3 is 5.32 Å². The molecule has 23 heavy (non-hydrogen) atoms. The van der Waals surface area contributed by atoms with Crippen LogP contribution < -0.4 is 9.62 Å². The van der Waals surface area contributed by atoms with Gasteiger partial charge in [-0.15, -0.1) is 0 Å². The fraction of sp³-hybridized carbons (Fsp3) is 0.462. The van der Waals surface area contributed by atoms with Crippen LogP contribution in [-0.4, -0.2) is 37.6 Å². The van der Waals surface area contributed by atoms with Crippen LogP contribution in [0.4, 0.5) is 15.8 Å². The number of hydrogen-bond donors (Lipinski definition) is 1. The zero-order chi connectivity index (χ0) is 16.8. The summed E-state index contributed by atoms with van der Waals surface area (Å²) in [4.78, 5) is 22.0. The molecule has 0 aromatic heterocycles. The molecule has 1 aliphatic heterocycles. The minimum Gasteiger partial charge on any atom is -0.326 e. The van der Waals surface area contributed by atoms with E-state index in [0.717, 1.165) is 10.4 Å². The third-order valence-electron chi connectivity index (χ3n) is 3.95. The molecule has 2 aliphatic rings. The highest BCUT2D eigenvalue weighted by molar-refractivity contribution is 7.93. The monoisotopic (exact) mass is 343 g/mol. The van der Waals surface area contributed by atoms with E-state index in [1.54, 1.807) is 0 Å². The van der Waals surface area contributed by atoms with Crippen LogP contribution in [0.15, 0.2) is 18.2 Å². The zero-order valence-electron chi connectivity index (χ0n) is 11.9. The molecule has 1 aromatic rings. The lowest BCUT2D eigenvalue weighted by Gasteiger charge is -2.18. The first-order chi connectivity index (χ1) is 10.8. The lowest BCUT2D eigenvalue weighted by atomic mass is 10.2. The van der Waals surface area contributed by atoms with Crippen LogP contribution in [0.2, 0.25) is 0 Å². The second kappa shape index (κ2) is 5.44. The summed E-state index contributed by atoms with van der Waals surface area (Å²) in [5, 5.41) is 13.1. The van der Waals surface area contributed by atoms with Gasteiger partial charge in [0.1, 0.15) is 11.7 Å². The topological polar surface area (TPSA) is 110 Å². The maximum absolute atomic E-state index is 13.9. The quantitative estimate of drug-likeness (QED) is 0.647. The molecule has 1 heterocycles. The van der Waals surface area contributed by atoms with Gasteiger partial charge in [0.05, 0.1) is 11.4 Å². The Morgan fingerprint density at radius 3 is 2.74 bits per heavy atom. The number of nitrogens with one attached hydrogen (secondary N) is 1. The molecule has 1 amide bonds. The average Bonchev–Trinajstić information content (AvgIpc) is 3.20. The SMILES string of the molecule is O=C(Nc1ccc(F)c(N2CCCS2(=O)=O)c1)[C@H]1C[C@@H]1[N+](=O)[O-]. The van der Waals surface area contributed by atoms with Crippen molar-refractivity contribution < 1.29 is 22.5 Å². The molecule has 124 valence electrons. The predicted molar refractivity (Wildman–Crippen MR) is 79.7 cm³/mol. The molecule has 1 saturated heterocycles.